The van der Waals surface area contributed by atoms with Gasteiger partial charge in [0, 0.05) is 36.0 Å². The van der Waals surface area contributed by atoms with E-state index in [-0.39, 0.29) is 35.6 Å². The second-order valence-electron chi connectivity index (χ2n) is 9.45. The average Bonchev–Trinajstić information content (AvgIpc) is 3.59. The zero-order chi connectivity index (χ0) is 23.7. The third-order valence-corrected chi connectivity index (χ3v) is 7.37. The van der Waals surface area contributed by atoms with Crippen molar-refractivity contribution in [1.82, 2.24) is 15.1 Å². The number of halogens is 2. The molecule has 2 heterocycles. The summed E-state index contributed by atoms with van der Waals surface area (Å²) in [5, 5.41) is 3.96. The molecule has 0 radical (unpaired) electrons. The van der Waals surface area contributed by atoms with E-state index >= 15 is 0 Å². The van der Waals surface area contributed by atoms with Gasteiger partial charge in [0.1, 0.15) is 11.6 Å². The van der Waals surface area contributed by atoms with Crippen LogP contribution in [0, 0.1) is 11.7 Å². The Bertz CT molecular complexity index is 1020. The molecule has 1 N–H and O–H groups in total. The van der Waals surface area contributed by atoms with Crippen molar-refractivity contribution >= 4 is 23.6 Å². The van der Waals surface area contributed by atoms with Gasteiger partial charge in [-0.15, -0.1) is 0 Å². The van der Waals surface area contributed by atoms with E-state index in [1.54, 1.807) is 0 Å². The number of hydrogen-bond donors (Lipinski definition) is 1. The predicted octanol–water partition coefficient (Wildman–Crippen LogP) is 4.44. The van der Waals surface area contributed by atoms with Gasteiger partial charge in [0.25, 0.3) is 0 Å². The molecule has 1 saturated carbocycles. The Morgan fingerprint density at radius 3 is 2.29 bits per heavy atom. The number of nitrogens with zero attached hydrogens (tertiary/aromatic N) is 2. The Kier molecular flexibility index (Phi) is 6.75. The van der Waals surface area contributed by atoms with Crippen LogP contribution in [-0.2, 0) is 4.79 Å². The number of amides is 2. The minimum atomic E-state index is -0.450. The summed E-state index contributed by atoms with van der Waals surface area (Å²) in [6, 6.07) is 13.0. The minimum Gasteiger partial charge on any atom is -0.410 e. The first-order valence-corrected chi connectivity index (χ1v) is 12.4. The third-order valence-electron chi connectivity index (χ3n) is 7.11. The molecule has 2 aromatic carbocycles. The first-order valence-electron chi connectivity index (χ1n) is 12.0. The van der Waals surface area contributed by atoms with Crippen molar-refractivity contribution in [3.63, 3.8) is 0 Å². The fraction of sp³-hybridized carbons (Fsp3) is 0.462. The highest BCUT2D eigenvalue weighted by atomic mass is 35.5. The lowest BCUT2D eigenvalue weighted by Crippen LogP contribution is -2.48. The molecule has 3 fully saturated rings. The molecule has 8 heteroatoms. The molecule has 2 aliphatic heterocycles. The van der Waals surface area contributed by atoms with E-state index in [1.165, 1.54) is 24.3 Å². The van der Waals surface area contributed by atoms with Crippen molar-refractivity contribution in [1.29, 1.82) is 0 Å². The lowest BCUT2D eigenvalue weighted by Gasteiger charge is -2.32. The topological polar surface area (TPSA) is 61.9 Å². The quantitative estimate of drug-likeness (QED) is 0.680. The summed E-state index contributed by atoms with van der Waals surface area (Å²) in [7, 11) is 0. The number of likely N-dealkylation sites (tertiary alicyclic amines) is 1. The minimum absolute atomic E-state index is 0.0198. The third kappa shape index (κ3) is 5.05. The highest BCUT2D eigenvalue weighted by Crippen LogP contribution is 2.39. The van der Waals surface area contributed by atoms with Crippen LogP contribution in [0.25, 0.3) is 0 Å². The fourth-order valence-corrected chi connectivity index (χ4v) is 5.30. The number of piperidine rings is 1. The molecule has 1 aliphatic carbocycles. The molecule has 2 aromatic rings. The second-order valence-corrected chi connectivity index (χ2v) is 9.89. The number of benzene rings is 2. The van der Waals surface area contributed by atoms with E-state index in [0.29, 0.717) is 23.9 Å². The van der Waals surface area contributed by atoms with Gasteiger partial charge in [-0.1, -0.05) is 23.7 Å². The van der Waals surface area contributed by atoms with Gasteiger partial charge in [-0.3, -0.25) is 9.69 Å². The number of ether oxygens (including phenoxy) is 1. The Morgan fingerprint density at radius 2 is 1.65 bits per heavy atom. The molecule has 1 unspecified atom stereocenters. The van der Waals surface area contributed by atoms with Gasteiger partial charge in [-0.25, -0.2) is 9.18 Å². The van der Waals surface area contributed by atoms with E-state index in [9.17, 15) is 14.0 Å². The zero-order valence-corrected chi connectivity index (χ0v) is 19.7. The van der Waals surface area contributed by atoms with Crippen molar-refractivity contribution in [2.45, 2.75) is 43.7 Å². The SMILES string of the molecule is O=C(C1CCNCC1)N1CC(c2ccc(Cl)cc2)[C@H](N(C(=O)Oc2ccc(F)cc2)C2CC2)C1. The molecular weight excluding hydrogens is 457 g/mol. The second kappa shape index (κ2) is 9.92. The first-order chi connectivity index (χ1) is 16.5. The van der Waals surface area contributed by atoms with Crippen molar-refractivity contribution in [3.8, 4) is 5.75 Å². The van der Waals surface area contributed by atoms with Crippen LogP contribution in [0.5, 0.6) is 5.75 Å². The normalized spacial score (nSPS) is 23.1. The van der Waals surface area contributed by atoms with Crippen LogP contribution in [0.2, 0.25) is 5.02 Å². The molecule has 2 atom stereocenters. The maximum absolute atomic E-state index is 13.4. The fourth-order valence-electron chi connectivity index (χ4n) is 5.18. The van der Waals surface area contributed by atoms with E-state index in [2.05, 4.69) is 5.32 Å². The predicted molar refractivity (Wildman–Crippen MR) is 127 cm³/mol. The maximum Gasteiger partial charge on any atom is 0.415 e. The maximum atomic E-state index is 13.4. The van der Waals surface area contributed by atoms with Crippen LogP contribution < -0.4 is 10.1 Å². The summed E-state index contributed by atoms with van der Waals surface area (Å²) in [6.07, 6.45) is 3.04. The van der Waals surface area contributed by atoms with Gasteiger partial charge < -0.3 is 15.0 Å². The summed E-state index contributed by atoms with van der Waals surface area (Å²) in [5.41, 5.74) is 1.05. The van der Waals surface area contributed by atoms with Gasteiger partial charge in [-0.05, 0) is 80.7 Å². The smallest absolute Gasteiger partial charge is 0.410 e. The summed E-state index contributed by atoms with van der Waals surface area (Å²) in [5.74, 6) is 0.0755. The van der Waals surface area contributed by atoms with E-state index in [0.717, 1.165) is 44.3 Å². The molecule has 2 saturated heterocycles. The van der Waals surface area contributed by atoms with Crippen LogP contribution >= 0.6 is 11.6 Å². The number of carbonyl (C=O) groups excluding carboxylic acids is 2. The van der Waals surface area contributed by atoms with E-state index in [1.807, 2.05) is 34.1 Å². The highest BCUT2D eigenvalue weighted by Gasteiger charge is 2.47. The molecule has 180 valence electrons. The van der Waals surface area contributed by atoms with E-state index < -0.39 is 6.09 Å². The van der Waals surface area contributed by atoms with Crippen LogP contribution in [0.4, 0.5) is 9.18 Å². The Hall–Kier alpha value is -2.64. The summed E-state index contributed by atoms with van der Waals surface area (Å²) in [4.78, 5) is 30.5. The summed E-state index contributed by atoms with van der Waals surface area (Å²) >= 11 is 6.13. The van der Waals surface area contributed by atoms with Gasteiger partial charge in [0.2, 0.25) is 5.91 Å². The van der Waals surface area contributed by atoms with Gasteiger partial charge in [-0.2, -0.15) is 0 Å². The van der Waals surface area contributed by atoms with Crippen LogP contribution in [0.15, 0.2) is 48.5 Å². The van der Waals surface area contributed by atoms with Crippen LogP contribution in [0.1, 0.15) is 37.2 Å². The van der Waals surface area contributed by atoms with Crippen molar-refractivity contribution in [3.05, 3.63) is 64.9 Å². The van der Waals surface area contributed by atoms with Gasteiger partial charge in [0.15, 0.2) is 0 Å². The average molecular weight is 486 g/mol. The van der Waals surface area contributed by atoms with Crippen LogP contribution in [-0.4, -0.2) is 60.1 Å². The first kappa shape index (κ1) is 23.1. The highest BCUT2D eigenvalue weighted by molar-refractivity contribution is 6.30. The molecule has 2 amide bonds. The Balaban J connectivity index is 1.40. The van der Waals surface area contributed by atoms with Gasteiger partial charge in [0.05, 0.1) is 6.04 Å². The molecule has 6 nitrogen and oxygen atoms in total. The number of nitrogens with one attached hydrogen (secondary N) is 1. The summed E-state index contributed by atoms with van der Waals surface area (Å²) in [6.45, 7) is 2.74. The summed E-state index contributed by atoms with van der Waals surface area (Å²) < 4.78 is 19.0. The van der Waals surface area contributed by atoms with Crippen molar-refractivity contribution < 1.29 is 18.7 Å². The van der Waals surface area contributed by atoms with Crippen LogP contribution in [0.3, 0.4) is 0 Å². The van der Waals surface area contributed by atoms with Crippen molar-refractivity contribution in [2.75, 3.05) is 26.2 Å². The molecule has 0 bridgehead atoms. The Morgan fingerprint density at radius 1 is 0.971 bits per heavy atom. The molecular formula is C26H29ClFN3O3. The molecule has 5 rings (SSSR count). The lowest BCUT2D eigenvalue weighted by molar-refractivity contribution is -0.135. The van der Waals surface area contributed by atoms with Gasteiger partial charge >= 0.3 is 6.09 Å². The number of hydrogen-bond acceptors (Lipinski definition) is 4. The monoisotopic (exact) mass is 485 g/mol. The molecule has 3 aliphatic rings. The largest absolute Gasteiger partial charge is 0.415 e. The molecule has 0 spiro atoms. The standard InChI is InChI=1S/C26H29ClFN3O3/c27-19-3-1-17(2-4-19)23-15-30(25(32)18-11-13-29-14-12-18)16-24(23)31(21-7-8-21)26(33)34-22-9-5-20(28)6-10-22/h1-6,9-10,18,21,23-24,29H,7-8,11-16H2/t23?,24-/m1/s1. The van der Waals surface area contributed by atoms with Crippen molar-refractivity contribution in [2.24, 2.45) is 5.92 Å². The molecule has 34 heavy (non-hydrogen) atoms. The molecule has 0 aromatic heterocycles. The lowest BCUT2D eigenvalue weighted by atomic mass is 9.93. The zero-order valence-electron chi connectivity index (χ0n) is 19.0. The number of rotatable bonds is 5. The number of carbonyl (C=O) groups is 2. The Labute approximate surface area is 204 Å². The van der Waals surface area contributed by atoms with E-state index in [4.69, 9.17) is 16.3 Å².